The number of fused-ring (bicyclic) bond motifs is 1. The number of terminal acetylenes is 1. The monoisotopic (exact) mass is 625 g/mol. The maximum atomic E-state index is 14.1. The Bertz CT molecular complexity index is 1360. The number of ether oxygens (including phenoxy) is 3. The summed E-state index contributed by atoms with van der Waals surface area (Å²) in [6.07, 6.45) is 19.2. The minimum Gasteiger partial charge on any atom is -0.461 e. The Morgan fingerprint density at radius 3 is 2.20 bits per heavy atom. The molecule has 1 aliphatic heterocycles. The van der Waals surface area contributed by atoms with Gasteiger partial charge in [-0.15, -0.1) is 6.42 Å². The van der Waals surface area contributed by atoms with E-state index in [9.17, 15) is 14.0 Å². The molecular weight excluding hydrogens is 577 g/mol. The first kappa shape index (κ1) is 33.1. The molecule has 0 unspecified atom stereocenters. The summed E-state index contributed by atoms with van der Waals surface area (Å²) >= 11 is 0. The number of imidazole rings is 1. The highest BCUT2D eigenvalue weighted by molar-refractivity contribution is 5.81. The Kier molecular flexibility index (Phi) is 11.0. The molecule has 3 atom stereocenters. The van der Waals surface area contributed by atoms with Crippen molar-refractivity contribution in [3.8, 4) is 12.3 Å². The molecule has 1 saturated heterocycles. The van der Waals surface area contributed by atoms with Gasteiger partial charge in [0.15, 0.2) is 17.0 Å². The van der Waals surface area contributed by atoms with E-state index in [1.54, 1.807) is 0 Å². The van der Waals surface area contributed by atoms with Crippen molar-refractivity contribution < 1.29 is 28.2 Å². The lowest BCUT2D eigenvalue weighted by Crippen LogP contribution is -2.46. The van der Waals surface area contributed by atoms with Crippen molar-refractivity contribution in [1.29, 1.82) is 0 Å². The Balaban J connectivity index is 1.30. The van der Waals surface area contributed by atoms with Gasteiger partial charge in [0.25, 0.3) is 0 Å². The Morgan fingerprint density at radius 2 is 1.62 bits per heavy atom. The van der Waals surface area contributed by atoms with Crippen LogP contribution in [0.25, 0.3) is 11.2 Å². The van der Waals surface area contributed by atoms with Gasteiger partial charge in [-0.2, -0.15) is 14.4 Å². The molecule has 0 aromatic carbocycles. The second kappa shape index (κ2) is 14.9. The smallest absolute Gasteiger partial charge is 0.312 e. The van der Waals surface area contributed by atoms with Crippen LogP contribution >= 0.6 is 0 Å². The van der Waals surface area contributed by atoms with Gasteiger partial charge in [-0.3, -0.25) is 14.2 Å². The molecular formula is C34H48FN5O5. The number of nitrogen functional groups attached to an aromatic ring is 1. The molecule has 3 heterocycles. The van der Waals surface area contributed by atoms with E-state index < -0.39 is 24.0 Å². The molecule has 2 aromatic heterocycles. The number of hydrogen-bond acceptors (Lipinski definition) is 9. The van der Waals surface area contributed by atoms with Crippen LogP contribution in [0.1, 0.15) is 116 Å². The second-order valence-electron chi connectivity index (χ2n) is 13.3. The van der Waals surface area contributed by atoms with Crippen LogP contribution in [0.15, 0.2) is 6.33 Å². The molecule has 0 amide bonds. The molecule has 2 aliphatic carbocycles. The van der Waals surface area contributed by atoms with Gasteiger partial charge >= 0.3 is 18.0 Å². The van der Waals surface area contributed by atoms with Gasteiger partial charge in [-0.1, -0.05) is 58.3 Å². The van der Waals surface area contributed by atoms with E-state index >= 15 is 0 Å². The van der Waals surface area contributed by atoms with Gasteiger partial charge in [0.1, 0.15) is 18.9 Å². The summed E-state index contributed by atoms with van der Waals surface area (Å²) in [5.74, 6) is 2.83. The number of rotatable bonds is 12. The zero-order valence-corrected chi connectivity index (χ0v) is 26.7. The maximum Gasteiger partial charge on any atom is 0.312 e. The number of esters is 2. The molecule has 0 radical (unpaired) electrons. The standard InChI is InChI=1S/C34H48FN5O5/c1-4-7-9-22-11-15-24(16-12-22)31(41)43-20-34(6-3)26(44-32(42)25-17-13-23(14-18-25)10-8-5-2)19-27(45-34)40-21-37-28-29(36)38-33(35)39-30(28)40/h3,21-27H,4-5,7-20H2,1-2H3,(H2,36,38,39)/t22-,23-,24-,25-,26-,27+,34+/m0/s1. The van der Waals surface area contributed by atoms with Crippen LogP contribution < -0.4 is 5.73 Å². The van der Waals surface area contributed by atoms with Gasteiger partial charge in [-0.05, 0) is 63.2 Å². The summed E-state index contributed by atoms with van der Waals surface area (Å²) in [5.41, 5.74) is 4.68. The molecule has 3 aliphatic rings. The summed E-state index contributed by atoms with van der Waals surface area (Å²) in [6, 6.07) is 0. The summed E-state index contributed by atoms with van der Waals surface area (Å²) in [4.78, 5) is 38.4. The third-order valence-electron chi connectivity index (χ3n) is 10.2. The average Bonchev–Trinajstić information content (AvgIpc) is 3.64. The largest absolute Gasteiger partial charge is 0.461 e. The van der Waals surface area contributed by atoms with Crippen LogP contribution in [0.5, 0.6) is 0 Å². The van der Waals surface area contributed by atoms with E-state index in [-0.39, 0.29) is 53.8 Å². The zero-order valence-electron chi connectivity index (χ0n) is 26.7. The molecule has 0 spiro atoms. The molecule has 3 fully saturated rings. The highest BCUT2D eigenvalue weighted by atomic mass is 19.1. The third kappa shape index (κ3) is 7.59. The highest BCUT2D eigenvalue weighted by Crippen LogP contribution is 2.42. The lowest BCUT2D eigenvalue weighted by Gasteiger charge is -2.32. The predicted molar refractivity (Wildman–Crippen MR) is 167 cm³/mol. The average molecular weight is 626 g/mol. The van der Waals surface area contributed by atoms with E-state index in [4.69, 9.17) is 26.4 Å². The van der Waals surface area contributed by atoms with E-state index in [1.807, 2.05) is 0 Å². The minimum absolute atomic E-state index is 0.103. The number of unbranched alkanes of at least 4 members (excludes halogenated alkanes) is 2. The van der Waals surface area contributed by atoms with Crippen molar-refractivity contribution in [2.24, 2.45) is 23.7 Å². The van der Waals surface area contributed by atoms with Gasteiger partial charge in [0, 0.05) is 6.42 Å². The number of halogens is 1. The number of nitrogens with zero attached hydrogens (tertiary/aromatic N) is 4. The number of aromatic nitrogens is 4. The van der Waals surface area contributed by atoms with Crippen LogP contribution in [-0.2, 0) is 23.8 Å². The Hall–Kier alpha value is -3.26. The molecule has 11 heteroatoms. The van der Waals surface area contributed by atoms with Crippen LogP contribution in [0.2, 0.25) is 0 Å². The van der Waals surface area contributed by atoms with Crippen LogP contribution in [0.3, 0.4) is 0 Å². The summed E-state index contributed by atoms with van der Waals surface area (Å²) < 4.78 is 34.0. The number of nitrogens with two attached hydrogens (primary N) is 1. The van der Waals surface area contributed by atoms with Gasteiger partial charge in [-0.25, -0.2) is 4.98 Å². The summed E-state index contributed by atoms with van der Waals surface area (Å²) in [6.45, 7) is 4.12. The van der Waals surface area contributed by atoms with Crippen LogP contribution in [-0.4, -0.2) is 49.8 Å². The Labute approximate surface area is 265 Å². The fourth-order valence-electron chi connectivity index (χ4n) is 7.36. The fraction of sp³-hybridized carbons (Fsp3) is 0.735. The highest BCUT2D eigenvalue weighted by Gasteiger charge is 2.53. The number of carbonyl (C=O) groups excluding carboxylic acids is 2. The lowest BCUT2D eigenvalue weighted by atomic mass is 9.80. The van der Waals surface area contributed by atoms with Crippen molar-refractivity contribution >= 4 is 28.9 Å². The van der Waals surface area contributed by atoms with E-state index in [1.165, 1.54) is 49.4 Å². The minimum atomic E-state index is -1.54. The Morgan fingerprint density at radius 1 is 1.02 bits per heavy atom. The second-order valence-corrected chi connectivity index (χ2v) is 13.3. The summed E-state index contributed by atoms with van der Waals surface area (Å²) in [5, 5.41) is 0. The summed E-state index contributed by atoms with van der Waals surface area (Å²) in [7, 11) is 0. The lowest BCUT2D eigenvalue weighted by molar-refractivity contribution is -0.172. The van der Waals surface area contributed by atoms with E-state index in [0.717, 1.165) is 51.4 Å². The molecule has 45 heavy (non-hydrogen) atoms. The molecule has 2 aromatic rings. The number of carbonyl (C=O) groups is 2. The van der Waals surface area contributed by atoms with Crippen molar-refractivity contribution in [3.63, 3.8) is 0 Å². The normalized spacial score (nSPS) is 30.2. The fourth-order valence-corrected chi connectivity index (χ4v) is 7.36. The van der Waals surface area contributed by atoms with Gasteiger partial charge < -0.3 is 19.9 Å². The maximum absolute atomic E-state index is 14.1. The molecule has 5 rings (SSSR count). The molecule has 0 bridgehead atoms. The first-order chi connectivity index (χ1) is 21.8. The van der Waals surface area contributed by atoms with Gasteiger partial charge in [0.05, 0.1) is 18.2 Å². The number of hydrogen-bond donors (Lipinski definition) is 1. The van der Waals surface area contributed by atoms with E-state index in [0.29, 0.717) is 11.8 Å². The van der Waals surface area contributed by atoms with Crippen molar-refractivity contribution in [2.75, 3.05) is 12.3 Å². The molecule has 2 N–H and O–H groups in total. The topological polar surface area (TPSA) is 131 Å². The van der Waals surface area contributed by atoms with Crippen molar-refractivity contribution in [3.05, 3.63) is 12.4 Å². The van der Waals surface area contributed by atoms with Gasteiger partial charge in [0.2, 0.25) is 5.60 Å². The van der Waals surface area contributed by atoms with Crippen LogP contribution in [0.4, 0.5) is 10.2 Å². The predicted octanol–water partition coefficient (Wildman–Crippen LogP) is 6.29. The molecule has 246 valence electrons. The van der Waals surface area contributed by atoms with E-state index in [2.05, 4.69) is 34.7 Å². The van der Waals surface area contributed by atoms with Crippen molar-refractivity contribution in [2.45, 2.75) is 128 Å². The number of anilines is 1. The zero-order chi connectivity index (χ0) is 32.0. The van der Waals surface area contributed by atoms with Crippen molar-refractivity contribution in [1.82, 2.24) is 19.5 Å². The quantitative estimate of drug-likeness (QED) is 0.164. The third-order valence-corrected chi connectivity index (χ3v) is 10.2. The molecule has 2 saturated carbocycles. The first-order valence-electron chi connectivity index (χ1n) is 16.9. The SMILES string of the molecule is C#C[C@]1(COC(=O)[C@H]2CC[C@H](CCCC)CC2)O[C@@H](n2cnc3c(N)nc(F)nc32)C[C@@H]1OC(=O)[C@H]1CC[C@H](CCCC)CC1. The first-order valence-corrected chi connectivity index (χ1v) is 16.9. The molecule has 10 nitrogen and oxygen atoms in total. The van der Waals surface area contributed by atoms with Crippen LogP contribution in [0, 0.1) is 42.1 Å².